The van der Waals surface area contributed by atoms with E-state index in [9.17, 15) is 10.3 Å². The van der Waals surface area contributed by atoms with Gasteiger partial charge in [-0.2, -0.15) is 4.79 Å². The summed E-state index contributed by atoms with van der Waals surface area (Å²) in [5, 5.41) is 2.99. The number of hydrogen-bond acceptors (Lipinski definition) is 8. The lowest BCUT2D eigenvalue weighted by atomic mass is 10.0. The molecule has 0 aliphatic heterocycles. The van der Waals surface area contributed by atoms with Crippen molar-refractivity contribution in [3.63, 3.8) is 0 Å². The summed E-state index contributed by atoms with van der Waals surface area (Å²) >= 11 is 0. The lowest BCUT2D eigenvalue weighted by Crippen LogP contribution is -2.35. The van der Waals surface area contributed by atoms with Gasteiger partial charge in [-0.1, -0.05) is 0 Å². The quantitative estimate of drug-likeness (QED) is 0.302. The van der Waals surface area contributed by atoms with Crippen LogP contribution in [0.3, 0.4) is 0 Å². The van der Waals surface area contributed by atoms with Crippen LogP contribution >= 0.6 is 0 Å². The molecule has 30 heavy (non-hydrogen) atoms. The lowest BCUT2D eigenvalue weighted by molar-refractivity contribution is -0.151. The van der Waals surface area contributed by atoms with Crippen LogP contribution in [0.15, 0.2) is 30.6 Å². The van der Waals surface area contributed by atoms with Crippen molar-refractivity contribution in [2.24, 2.45) is 0 Å². The molecule has 0 saturated carbocycles. The Labute approximate surface area is 174 Å². The fraction of sp³-hybridized carbons (Fsp3) is 0.400. The third kappa shape index (κ3) is 5.45. The second-order valence-corrected chi connectivity index (χ2v) is 7.10. The maximum Gasteiger partial charge on any atom is 0.420 e. The Balaban J connectivity index is 2.61. The number of nitrogens with zero attached hydrogens (tertiary/aromatic N) is 4. The molecule has 2 aromatic rings. The highest BCUT2D eigenvalue weighted by Gasteiger charge is 2.38. The Bertz CT molecular complexity index is 911. The summed E-state index contributed by atoms with van der Waals surface area (Å²) < 4.78 is 21.5. The topological polar surface area (TPSA) is 128 Å². The lowest BCUT2D eigenvalue weighted by Gasteiger charge is -2.21. The zero-order valence-corrected chi connectivity index (χ0v) is 17.8. The number of carbonyl (C=O) groups is 1. The Hall–Kier alpha value is -3.65. The van der Waals surface area contributed by atoms with Crippen molar-refractivity contribution in [3.8, 4) is 17.2 Å². The van der Waals surface area contributed by atoms with Gasteiger partial charge in [0.05, 0.1) is 21.3 Å². The molecule has 0 spiro atoms. The third-order valence-corrected chi connectivity index (χ3v) is 3.85. The molecule has 0 fully saturated rings. The Morgan fingerprint density at radius 1 is 1.07 bits per heavy atom. The standard InChI is InChI=1S/C20H25N5O5/c1-20(2,3)30-18(26)16(25-21)15(24-19-22-8-7-9-23-19)12-10-13(27-4)17(29-6)14(11-12)28-5/h7-11,15H,1-6H3,(H,22,23,24). The monoisotopic (exact) mass is 415 g/mol. The van der Waals surface area contributed by atoms with E-state index in [0.29, 0.717) is 22.8 Å². The summed E-state index contributed by atoms with van der Waals surface area (Å²) in [7, 11) is 4.42. The molecule has 0 bridgehead atoms. The van der Waals surface area contributed by atoms with Crippen LogP contribution in [0.1, 0.15) is 32.4 Å². The summed E-state index contributed by atoms with van der Waals surface area (Å²) in [6.45, 7) is 5.13. The van der Waals surface area contributed by atoms with E-state index < -0.39 is 17.6 Å². The molecule has 0 radical (unpaired) electrons. The number of ether oxygens (including phenoxy) is 4. The van der Waals surface area contributed by atoms with E-state index in [2.05, 4.69) is 20.1 Å². The van der Waals surface area contributed by atoms with Gasteiger partial charge in [-0.15, -0.1) is 0 Å². The molecular weight excluding hydrogens is 390 g/mol. The molecule has 0 aliphatic carbocycles. The number of anilines is 1. The van der Waals surface area contributed by atoms with Gasteiger partial charge in [-0.05, 0) is 44.5 Å². The smallest absolute Gasteiger partial charge is 0.420 e. The highest BCUT2D eigenvalue weighted by atomic mass is 16.6. The number of nitrogens with one attached hydrogen (secondary N) is 1. The Kier molecular flexibility index (Phi) is 7.32. The number of aromatic nitrogens is 2. The normalized spacial score (nSPS) is 11.7. The SMILES string of the molecule is COc1cc(C(Nc2ncccn2)C(=[N+]=[N-])C(=O)OC(C)(C)C)cc(OC)c1OC. The van der Waals surface area contributed by atoms with Crippen LogP contribution in [-0.4, -0.2) is 53.4 Å². The fourth-order valence-electron chi connectivity index (χ4n) is 2.63. The second-order valence-electron chi connectivity index (χ2n) is 7.10. The summed E-state index contributed by atoms with van der Waals surface area (Å²) in [6, 6.07) is 3.91. The number of hydrogen-bond donors (Lipinski definition) is 1. The van der Waals surface area contributed by atoms with Crippen LogP contribution in [0.5, 0.6) is 17.2 Å². The second kappa shape index (κ2) is 9.71. The third-order valence-electron chi connectivity index (χ3n) is 3.85. The van der Waals surface area contributed by atoms with Crippen molar-refractivity contribution in [2.45, 2.75) is 32.4 Å². The van der Waals surface area contributed by atoms with Crippen molar-refractivity contribution in [3.05, 3.63) is 41.7 Å². The first-order valence-electron chi connectivity index (χ1n) is 9.02. The summed E-state index contributed by atoms with van der Waals surface area (Å²) in [6.07, 6.45) is 3.07. The van der Waals surface area contributed by atoms with Crippen molar-refractivity contribution in [1.82, 2.24) is 9.97 Å². The molecule has 0 amide bonds. The van der Waals surface area contributed by atoms with Gasteiger partial charge in [0.1, 0.15) is 5.60 Å². The molecule has 1 atom stereocenters. The van der Waals surface area contributed by atoms with Crippen molar-refractivity contribution < 1.29 is 28.5 Å². The fourth-order valence-corrected chi connectivity index (χ4v) is 2.63. The molecule has 0 saturated heterocycles. The van der Waals surface area contributed by atoms with E-state index in [1.54, 1.807) is 39.0 Å². The van der Waals surface area contributed by atoms with Crippen LogP contribution in [0.25, 0.3) is 5.53 Å². The zero-order chi connectivity index (χ0) is 22.3. The van der Waals surface area contributed by atoms with Crippen LogP contribution < -0.4 is 19.5 Å². The van der Waals surface area contributed by atoms with Gasteiger partial charge >= 0.3 is 11.7 Å². The maximum absolute atomic E-state index is 12.7. The van der Waals surface area contributed by atoms with E-state index in [4.69, 9.17) is 18.9 Å². The molecule has 10 heteroatoms. The first kappa shape index (κ1) is 22.6. The molecule has 160 valence electrons. The van der Waals surface area contributed by atoms with Crippen LogP contribution in [-0.2, 0) is 9.53 Å². The number of carbonyl (C=O) groups excluding carboxylic acids is 1. The van der Waals surface area contributed by atoms with E-state index in [1.165, 1.54) is 33.7 Å². The largest absolute Gasteiger partial charge is 0.493 e. The summed E-state index contributed by atoms with van der Waals surface area (Å²) in [5.41, 5.74) is 9.05. The molecule has 1 unspecified atom stereocenters. The first-order chi connectivity index (χ1) is 14.2. The van der Waals surface area contributed by atoms with Crippen LogP contribution in [0.4, 0.5) is 5.95 Å². The minimum absolute atomic E-state index is 0.209. The minimum Gasteiger partial charge on any atom is -0.493 e. The molecule has 1 heterocycles. The van der Waals surface area contributed by atoms with Crippen LogP contribution in [0.2, 0.25) is 0 Å². The Morgan fingerprint density at radius 3 is 2.07 bits per heavy atom. The van der Waals surface area contributed by atoms with Gasteiger partial charge in [0, 0.05) is 12.4 Å². The number of benzene rings is 1. The minimum atomic E-state index is -0.985. The number of methoxy groups -OCH3 is 3. The molecule has 1 aromatic carbocycles. The summed E-state index contributed by atoms with van der Waals surface area (Å²) in [5.74, 6) is 0.481. The van der Waals surface area contributed by atoms with Gasteiger partial charge in [0.25, 0.3) is 0 Å². The number of rotatable bonds is 8. The van der Waals surface area contributed by atoms with Crippen molar-refractivity contribution in [1.29, 1.82) is 0 Å². The predicted molar refractivity (Wildman–Crippen MR) is 109 cm³/mol. The maximum atomic E-state index is 12.7. The molecule has 0 aliphatic rings. The Morgan fingerprint density at radius 2 is 1.63 bits per heavy atom. The molecule has 10 nitrogen and oxygen atoms in total. The molecule has 1 aromatic heterocycles. The summed E-state index contributed by atoms with van der Waals surface area (Å²) in [4.78, 5) is 24.2. The van der Waals surface area contributed by atoms with Gasteiger partial charge in [-0.25, -0.2) is 14.8 Å². The number of esters is 1. The average molecular weight is 415 g/mol. The van der Waals surface area contributed by atoms with E-state index in [1.807, 2.05) is 0 Å². The van der Waals surface area contributed by atoms with E-state index >= 15 is 0 Å². The van der Waals surface area contributed by atoms with E-state index in [-0.39, 0.29) is 11.7 Å². The first-order valence-corrected chi connectivity index (χ1v) is 9.02. The van der Waals surface area contributed by atoms with Gasteiger partial charge in [0.2, 0.25) is 11.7 Å². The zero-order valence-electron chi connectivity index (χ0n) is 17.8. The van der Waals surface area contributed by atoms with Gasteiger partial charge in [0.15, 0.2) is 17.5 Å². The average Bonchev–Trinajstić information content (AvgIpc) is 2.71. The molecule has 2 rings (SSSR count). The van der Waals surface area contributed by atoms with E-state index in [0.717, 1.165) is 0 Å². The highest BCUT2D eigenvalue weighted by molar-refractivity contribution is 6.36. The molecule has 1 N–H and O–H groups in total. The highest BCUT2D eigenvalue weighted by Crippen LogP contribution is 2.40. The molecular formula is C20H25N5O5. The predicted octanol–water partition coefficient (Wildman–Crippen LogP) is 2.67. The van der Waals surface area contributed by atoms with Crippen LogP contribution in [0, 0.1) is 0 Å². The van der Waals surface area contributed by atoms with Gasteiger partial charge < -0.3 is 29.8 Å². The van der Waals surface area contributed by atoms with Gasteiger partial charge in [-0.3, -0.25) is 0 Å². The van der Waals surface area contributed by atoms with Crippen molar-refractivity contribution in [2.75, 3.05) is 26.6 Å². The van der Waals surface area contributed by atoms with Crippen molar-refractivity contribution >= 4 is 17.6 Å².